The molecular weight excluding hydrogens is 328 g/mol. The number of hydrogen-bond donors (Lipinski definition) is 0. The van der Waals surface area contributed by atoms with E-state index in [-0.39, 0.29) is 0 Å². The van der Waals surface area contributed by atoms with Crippen LogP contribution in [0.5, 0.6) is 0 Å². The molecule has 0 aliphatic heterocycles. The topological polar surface area (TPSA) is 28.7 Å². The summed E-state index contributed by atoms with van der Waals surface area (Å²) in [5.41, 5.74) is 6.47. The number of nitrogens with zero attached hydrogens (tertiary/aromatic N) is 2. The van der Waals surface area contributed by atoms with E-state index >= 15 is 0 Å². The first kappa shape index (κ1) is 15.4. The lowest BCUT2D eigenvalue weighted by Crippen LogP contribution is -1.94. The van der Waals surface area contributed by atoms with Gasteiger partial charge in [0, 0.05) is 16.5 Å². The van der Waals surface area contributed by atoms with Gasteiger partial charge in [-0.2, -0.15) is 5.26 Å². The van der Waals surface area contributed by atoms with Gasteiger partial charge in [-0.3, -0.25) is 0 Å². The average Bonchev–Trinajstić information content (AvgIpc) is 3.08. The van der Waals surface area contributed by atoms with Crippen molar-refractivity contribution in [2.75, 3.05) is 0 Å². The molecule has 0 spiro atoms. The fraction of sp³-hybridized carbons (Fsp3) is 0. The van der Waals surface area contributed by atoms with Crippen molar-refractivity contribution in [3.63, 3.8) is 0 Å². The van der Waals surface area contributed by atoms with Crippen molar-refractivity contribution in [3.05, 3.63) is 103 Å². The van der Waals surface area contributed by atoms with Crippen molar-refractivity contribution in [1.82, 2.24) is 4.57 Å². The lowest BCUT2D eigenvalue weighted by molar-refractivity contribution is 1.18. The first-order valence-corrected chi connectivity index (χ1v) is 8.94. The molecule has 0 aliphatic rings. The molecule has 0 fully saturated rings. The zero-order valence-corrected chi connectivity index (χ0v) is 14.6. The number of rotatable bonds is 2. The average molecular weight is 344 g/mol. The van der Waals surface area contributed by atoms with E-state index in [9.17, 15) is 0 Å². The highest BCUT2D eigenvalue weighted by Crippen LogP contribution is 2.33. The van der Waals surface area contributed by atoms with Crippen LogP contribution in [0.2, 0.25) is 0 Å². The summed E-state index contributed by atoms with van der Waals surface area (Å²) in [6.45, 7) is 0. The summed E-state index contributed by atoms with van der Waals surface area (Å²) in [7, 11) is 0. The van der Waals surface area contributed by atoms with E-state index in [1.54, 1.807) is 0 Å². The van der Waals surface area contributed by atoms with Crippen LogP contribution in [0.15, 0.2) is 97.1 Å². The first-order chi connectivity index (χ1) is 13.3. The molecule has 0 aliphatic carbocycles. The molecule has 0 N–H and O–H groups in total. The van der Waals surface area contributed by atoms with Crippen LogP contribution in [0.1, 0.15) is 5.56 Å². The molecule has 0 amide bonds. The van der Waals surface area contributed by atoms with Gasteiger partial charge in [0.1, 0.15) is 0 Å². The van der Waals surface area contributed by atoms with Crippen LogP contribution < -0.4 is 0 Å². The number of hydrogen-bond acceptors (Lipinski definition) is 1. The number of benzene rings is 4. The van der Waals surface area contributed by atoms with Gasteiger partial charge in [0.05, 0.1) is 22.7 Å². The number of nitriles is 1. The Bertz CT molecular complexity index is 1270. The molecule has 0 bridgehead atoms. The van der Waals surface area contributed by atoms with Crippen molar-refractivity contribution in [1.29, 1.82) is 5.26 Å². The highest BCUT2D eigenvalue weighted by molar-refractivity contribution is 6.09. The van der Waals surface area contributed by atoms with Gasteiger partial charge in [0.2, 0.25) is 0 Å². The third kappa shape index (κ3) is 2.49. The number of fused-ring (bicyclic) bond motifs is 3. The number of aromatic nitrogens is 1. The molecule has 126 valence electrons. The summed E-state index contributed by atoms with van der Waals surface area (Å²) < 4.78 is 2.32. The van der Waals surface area contributed by atoms with Crippen LogP contribution in [0, 0.1) is 11.3 Å². The van der Waals surface area contributed by atoms with E-state index in [1.165, 1.54) is 21.8 Å². The zero-order valence-electron chi connectivity index (χ0n) is 14.6. The summed E-state index contributed by atoms with van der Waals surface area (Å²) in [6, 6.07) is 35.5. The fourth-order valence-corrected chi connectivity index (χ4v) is 3.76. The van der Waals surface area contributed by atoms with Gasteiger partial charge < -0.3 is 4.57 Å². The summed E-state index contributed by atoms with van der Waals surface area (Å²) in [5.74, 6) is 0. The predicted molar refractivity (Wildman–Crippen MR) is 111 cm³/mol. The molecule has 0 radical (unpaired) electrons. The van der Waals surface area contributed by atoms with Gasteiger partial charge in [-0.25, -0.2) is 0 Å². The van der Waals surface area contributed by atoms with Crippen molar-refractivity contribution in [2.24, 2.45) is 0 Å². The molecule has 4 aromatic carbocycles. The molecule has 5 aromatic rings. The molecule has 2 nitrogen and oxygen atoms in total. The molecule has 0 saturated carbocycles. The minimum atomic E-state index is 0.678. The highest BCUT2D eigenvalue weighted by atomic mass is 15.0. The fourth-order valence-electron chi connectivity index (χ4n) is 3.76. The molecule has 0 unspecified atom stereocenters. The lowest BCUT2D eigenvalue weighted by atomic mass is 10.0. The van der Waals surface area contributed by atoms with Gasteiger partial charge in [0.25, 0.3) is 0 Å². The van der Waals surface area contributed by atoms with E-state index in [0.717, 1.165) is 16.8 Å². The molecule has 1 heterocycles. The maximum absolute atomic E-state index is 9.02. The summed E-state index contributed by atoms with van der Waals surface area (Å²) >= 11 is 0. The quantitative estimate of drug-likeness (QED) is 0.368. The normalized spacial score (nSPS) is 10.9. The Morgan fingerprint density at radius 1 is 0.593 bits per heavy atom. The molecule has 2 heteroatoms. The first-order valence-electron chi connectivity index (χ1n) is 8.94. The van der Waals surface area contributed by atoms with Crippen molar-refractivity contribution in [2.45, 2.75) is 0 Å². The summed E-state index contributed by atoms with van der Waals surface area (Å²) in [4.78, 5) is 0. The standard InChI is InChI=1S/C25H16N2/c26-17-18-12-14-19(15-13-18)20-6-5-7-21(16-20)27-24-10-3-1-8-22(24)23-9-2-4-11-25(23)27/h1-16H. The second kappa shape index (κ2) is 6.16. The van der Waals surface area contributed by atoms with Crippen molar-refractivity contribution < 1.29 is 0 Å². The van der Waals surface area contributed by atoms with Crippen LogP contribution in [-0.4, -0.2) is 4.57 Å². The third-order valence-electron chi connectivity index (χ3n) is 5.03. The molecule has 0 atom stereocenters. The molecule has 27 heavy (non-hydrogen) atoms. The van der Waals surface area contributed by atoms with Crippen LogP contribution in [0.3, 0.4) is 0 Å². The van der Waals surface area contributed by atoms with Gasteiger partial charge in [0.15, 0.2) is 0 Å². The Kier molecular flexibility index (Phi) is 3.52. The number of para-hydroxylation sites is 2. The highest BCUT2D eigenvalue weighted by Gasteiger charge is 2.11. The molecule has 5 rings (SSSR count). The van der Waals surface area contributed by atoms with E-state index in [2.05, 4.69) is 83.4 Å². The van der Waals surface area contributed by atoms with E-state index < -0.39 is 0 Å². The Morgan fingerprint density at radius 3 is 1.85 bits per heavy atom. The SMILES string of the molecule is N#Cc1ccc(-c2cccc(-n3c4ccccc4c4ccccc43)c2)cc1. The van der Waals surface area contributed by atoms with Crippen LogP contribution in [0.4, 0.5) is 0 Å². The Labute approximate surface area is 157 Å². The zero-order chi connectivity index (χ0) is 18.2. The Hall–Kier alpha value is -3.83. The maximum Gasteiger partial charge on any atom is 0.0991 e. The predicted octanol–water partition coefficient (Wildman–Crippen LogP) is 6.32. The largest absolute Gasteiger partial charge is 0.309 e. The maximum atomic E-state index is 9.02. The molecule has 1 aromatic heterocycles. The second-order valence-electron chi connectivity index (χ2n) is 6.61. The third-order valence-corrected chi connectivity index (χ3v) is 5.03. The Balaban J connectivity index is 1.74. The Morgan fingerprint density at radius 2 is 1.22 bits per heavy atom. The van der Waals surface area contributed by atoms with Crippen molar-refractivity contribution in [3.8, 4) is 22.9 Å². The van der Waals surface area contributed by atoms with Gasteiger partial charge in [-0.1, -0.05) is 60.7 Å². The van der Waals surface area contributed by atoms with E-state index in [1.807, 2.05) is 24.3 Å². The smallest absolute Gasteiger partial charge is 0.0991 e. The lowest BCUT2D eigenvalue weighted by Gasteiger charge is -2.10. The van der Waals surface area contributed by atoms with Crippen LogP contribution in [0.25, 0.3) is 38.6 Å². The van der Waals surface area contributed by atoms with E-state index in [0.29, 0.717) is 5.56 Å². The van der Waals surface area contributed by atoms with Gasteiger partial charge in [-0.15, -0.1) is 0 Å². The minimum Gasteiger partial charge on any atom is -0.309 e. The van der Waals surface area contributed by atoms with Crippen LogP contribution >= 0.6 is 0 Å². The van der Waals surface area contributed by atoms with Gasteiger partial charge >= 0.3 is 0 Å². The molecule has 0 saturated heterocycles. The second-order valence-corrected chi connectivity index (χ2v) is 6.61. The molecular formula is C25H16N2. The van der Waals surface area contributed by atoms with Crippen LogP contribution in [-0.2, 0) is 0 Å². The minimum absolute atomic E-state index is 0.678. The summed E-state index contributed by atoms with van der Waals surface area (Å²) in [5, 5.41) is 11.5. The van der Waals surface area contributed by atoms with E-state index in [4.69, 9.17) is 5.26 Å². The van der Waals surface area contributed by atoms with Gasteiger partial charge in [-0.05, 0) is 47.5 Å². The van der Waals surface area contributed by atoms with Crippen molar-refractivity contribution >= 4 is 21.8 Å². The summed E-state index contributed by atoms with van der Waals surface area (Å²) in [6.07, 6.45) is 0. The monoisotopic (exact) mass is 344 g/mol.